The molecule has 0 aromatic carbocycles. The zero-order valence-corrected chi connectivity index (χ0v) is 8.61. The summed E-state index contributed by atoms with van der Waals surface area (Å²) in [5, 5.41) is 0. The monoisotopic (exact) mass is 191 g/mol. The third-order valence-corrected chi connectivity index (χ3v) is 2.18. The molecule has 0 bridgehead atoms. The molecule has 0 spiro atoms. The van der Waals surface area contributed by atoms with Crippen LogP contribution in [0.4, 0.5) is 0 Å². The molecule has 0 saturated carbocycles. The van der Waals surface area contributed by atoms with Crippen LogP contribution in [0.2, 0.25) is 0 Å². The summed E-state index contributed by atoms with van der Waals surface area (Å²) in [6.45, 7) is 2.92. The Morgan fingerprint density at radius 1 is 1.64 bits per heavy atom. The average molecular weight is 191 g/mol. The molecule has 0 aliphatic rings. The number of hydrogen-bond acceptors (Lipinski definition) is 2. The van der Waals surface area contributed by atoms with Crippen LogP contribution in [-0.4, -0.2) is 9.55 Å². The molecule has 1 atom stereocenters. The first-order chi connectivity index (χ1) is 6.75. The van der Waals surface area contributed by atoms with E-state index in [0.29, 0.717) is 0 Å². The normalized spacial score (nSPS) is 12.4. The van der Waals surface area contributed by atoms with Crippen LogP contribution in [0.1, 0.15) is 37.9 Å². The van der Waals surface area contributed by atoms with Crippen molar-refractivity contribution in [2.75, 3.05) is 0 Å². The van der Waals surface area contributed by atoms with Gasteiger partial charge >= 0.3 is 0 Å². The van der Waals surface area contributed by atoms with Crippen LogP contribution in [0.5, 0.6) is 0 Å². The summed E-state index contributed by atoms with van der Waals surface area (Å²) in [6, 6.07) is 0.0464. The van der Waals surface area contributed by atoms with Crippen LogP contribution in [0.15, 0.2) is 12.5 Å². The van der Waals surface area contributed by atoms with Gasteiger partial charge in [-0.3, -0.25) is 0 Å². The summed E-state index contributed by atoms with van der Waals surface area (Å²) in [5.74, 6) is 2.64. The average Bonchev–Trinajstić information content (AvgIpc) is 2.60. The maximum Gasteiger partial charge on any atom is 0.0948 e. The maximum atomic E-state index is 5.80. The number of unbranched alkanes of at least 4 members (excludes halogenated alkanes) is 2. The molecule has 0 radical (unpaired) electrons. The first kappa shape index (κ1) is 10.8. The van der Waals surface area contributed by atoms with Crippen molar-refractivity contribution < 1.29 is 0 Å². The molecule has 14 heavy (non-hydrogen) atoms. The fourth-order valence-corrected chi connectivity index (χ4v) is 1.41. The van der Waals surface area contributed by atoms with E-state index in [2.05, 4.69) is 15.5 Å². The van der Waals surface area contributed by atoms with Crippen molar-refractivity contribution in [1.82, 2.24) is 9.55 Å². The lowest BCUT2D eigenvalue weighted by molar-refractivity contribution is 0.577. The van der Waals surface area contributed by atoms with Crippen molar-refractivity contribution in [3.05, 3.63) is 18.2 Å². The van der Waals surface area contributed by atoms with Gasteiger partial charge in [-0.2, -0.15) is 0 Å². The van der Waals surface area contributed by atoms with E-state index in [0.717, 1.165) is 31.5 Å². The predicted octanol–water partition coefficient (Wildman–Crippen LogP) is 1.71. The van der Waals surface area contributed by atoms with Gasteiger partial charge in [-0.05, 0) is 19.8 Å². The lowest BCUT2D eigenvalue weighted by Gasteiger charge is -2.09. The number of terminal acetylenes is 1. The van der Waals surface area contributed by atoms with Crippen LogP contribution in [0.25, 0.3) is 0 Å². The summed E-state index contributed by atoms with van der Waals surface area (Å²) < 4.78 is 2.10. The first-order valence-electron chi connectivity index (χ1n) is 4.94. The fourth-order valence-electron chi connectivity index (χ4n) is 1.41. The Morgan fingerprint density at radius 3 is 3.07 bits per heavy atom. The summed E-state index contributed by atoms with van der Waals surface area (Å²) in [5.41, 5.74) is 6.88. The van der Waals surface area contributed by atoms with Gasteiger partial charge in [0, 0.05) is 25.2 Å². The van der Waals surface area contributed by atoms with Gasteiger partial charge in [-0.1, -0.05) is 0 Å². The summed E-state index contributed by atoms with van der Waals surface area (Å²) in [7, 11) is 0. The van der Waals surface area contributed by atoms with E-state index < -0.39 is 0 Å². The summed E-state index contributed by atoms with van der Waals surface area (Å²) in [4.78, 5) is 4.08. The van der Waals surface area contributed by atoms with Crippen LogP contribution >= 0.6 is 0 Å². The highest BCUT2D eigenvalue weighted by Crippen LogP contribution is 2.10. The molecule has 1 aromatic heterocycles. The number of rotatable bonds is 5. The largest absolute Gasteiger partial charge is 0.333 e. The Kier molecular flexibility index (Phi) is 4.21. The van der Waals surface area contributed by atoms with Gasteiger partial charge in [-0.15, -0.1) is 12.3 Å². The van der Waals surface area contributed by atoms with Gasteiger partial charge in [0.15, 0.2) is 0 Å². The van der Waals surface area contributed by atoms with Crippen LogP contribution in [-0.2, 0) is 6.54 Å². The second kappa shape index (κ2) is 5.46. The van der Waals surface area contributed by atoms with Gasteiger partial charge < -0.3 is 10.3 Å². The summed E-state index contributed by atoms with van der Waals surface area (Å²) in [6.07, 6.45) is 11.8. The van der Waals surface area contributed by atoms with E-state index in [9.17, 15) is 0 Å². The number of aromatic nitrogens is 2. The zero-order valence-electron chi connectivity index (χ0n) is 8.61. The van der Waals surface area contributed by atoms with E-state index in [4.69, 9.17) is 12.2 Å². The SMILES string of the molecule is C#CCCCCn1cncc1C(C)N. The molecule has 3 nitrogen and oxygen atoms in total. The minimum atomic E-state index is 0.0464. The molecule has 0 saturated heterocycles. The standard InChI is InChI=1S/C11H17N3/c1-3-4-5-6-7-14-9-13-8-11(14)10(2)12/h1,8-10H,4-7,12H2,2H3. The molecule has 3 heteroatoms. The molecule has 1 aromatic rings. The van der Waals surface area contributed by atoms with E-state index in [-0.39, 0.29) is 6.04 Å². The molecular formula is C11H17N3. The Morgan fingerprint density at radius 2 is 2.43 bits per heavy atom. The molecule has 0 amide bonds. The lowest BCUT2D eigenvalue weighted by atomic mass is 10.2. The third-order valence-electron chi connectivity index (χ3n) is 2.18. The topological polar surface area (TPSA) is 43.8 Å². The van der Waals surface area contributed by atoms with Crippen molar-refractivity contribution in [3.63, 3.8) is 0 Å². The van der Waals surface area contributed by atoms with Crippen molar-refractivity contribution in [2.24, 2.45) is 5.73 Å². The zero-order chi connectivity index (χ0) is 10.4. The van der Waals surface area contributed by atoms with Gasteiger partial charge in [-0.25, -0.2) is 4.98 Å². The number of aryl methyl sites for hydroxylation is 1. The smallest absolute Gasteiger partial charge is 0.0948 e. The minimum Gasteiger partial charge on any atom is -0.333 e. The molecule has 0 aliphatic carbocycles. The second-order valence-corrected chi connectivity index (χ2v) is 3.46. The molecule has 0 fully saturated rings. The highest BCUT2D eigenvalue weighted by atomic mass is 15.1. The number of imidazole rings is 1. The summed E-state index contributed by atoms with van der Waals surface area (Å²) >= 11 is 0. The van der Waals surface area contributed by atoms with E-state index >= 15 is 0 Å². The molecule has 1 rings (SSSR count). The Balaban J connectivity index is 2.43. The van der Waals surface area contributed by atoms with E-state index in [1.54, 1.807) is 0 Å². The van der Waals surface area contributed by atoms with E-state index in [1.165, 1.54) is 0 Å². The molecule has 0 aliphatic heterocycles. The van der Waals surface area contributed by atoms with Crippen LogP contribution in [0.3, 0.4) is 0 Å². The van der Waals surface area contributed by atoms with Crippen LogP contribution < -0.4 is 5.73 Å². The number of nitrogens with zero attached hydrogens (tertiary/aromatic N) is 2. The maximum absolute atomic E-state index is 5.80. The molecule has 1 unspecified atom stereocenters. The Hall–Kier alpha value is -1.27. The number of hydrogen-bond donors (Lipinski definition) is 1. The Bertz CT molecular complexity index is 307. The molecular weight excluding hydrogens is 174 g/mol. The highest BCUT2D eigenvalue weighted by molar-refractivity contribution is 5.02. The van der Waals surface area contributed by atoms with Gasteiger partial charge in [0.05, 0.1) is 12.0 Å². The van der Waals surface area contributed by atoms with Crippen LogP contribution in [0, 0.1) is 12.3 Å². The molecule has 2 N–H and O–H groups in total. The van der Waals surface area contributed by atoms with Crippen molar-refractivity contribution in [3.8, 4) is 12.3 Å². The van der Waals surface area contributed by atoms with Gasteiger partial charge in [0.1, 0.15) is 0 Å². The van der Waals surface area contributed by atoms with Gasteiger partial charge in [0.25, 0.3) is 0 Å². The van der Waals surface area contributed by atoms with Crippen molar-refractivity contribution in [2.45, 2.75) is 38.8 Å². The van der Waals surface area contributed by atoms with Crippen molar-refractivity contribution in [1.29, 1.82) is 0 Å². The quantitative estimate of drug-likeness (QED) is 0.568. The highest BCUT2D eigenvalue weighted by Gasteiger charge is 2.05. The van der Waals surface area contributed by atoms with Gasteiger partial charge in [0.2, 0.25) is 0 Å². The fraction of sp³-hybridized carbons (Fsp3) is 0.545. The first-order valence-corrected chi connectivity index (χ1v) is 4.94. The molecule has 76 valence electrons. The van der Waals surface area contributed by atoms with Crippen molar-refractivity contribution >= 4 is 0 Å². The minimum absolute atomic E-state index is 0.0464. The lowest BCUT2D eigenvalue weighted by Crippen LogP contribution is -2.11. The van der Waals surface area contributed by atoms with E-state index in [1.807, 2.05) is 19.4 Å². The predicted molar refractivity (Wildman–Crippen MR) is 57.5 cm³/mol. The third kappa shape index (κ3) is 2.90. The molecule has 1 heterocycles. The Labute approximate surface area is 85.3 Å². The number of nitrogens with two attached hydrogens (primary N) is 1. The second-order valence-electron chi connectivity index (χ2n) is 3.46.